The van der Waals surface area contributed by atoms with Crippen LogP contribution in [0.5, 0.6) is 0 Å². The highest BCUT2D eigenvalue weighted by molar-refractivity contribution is 5.68. The third-order valence-corrected chi connectivity index (χ3v) is 3.69. The molecule has 5 heteroatoms. The molecule has 1 aliphatic heterocycles. The zero-order valence-electron chi connectivity index (χ0n) is 14.1. The van der Waals surface area contributed by atoms with Gasteiger partial charge in [0.2, 0.25) is 0 Å². The summed E-state index contributed by atoms with van der Waals surface area (Å²) < 4.78 is 5.52. The van der Waals surface area contributed by atoms with Crippen molar-refractivity contribution in [1.82, 2.24) is 9.88 Å². The summed E-state index contributed by atoms with van der Waals surface area (Å²) in [7, 11) is 0. The lowest BCUT2D eigenvalue weighted by Gasteiger charge is -2.36. The normalized spacial score (nSPS) is 18.9. The predicted octanol–water partition coefficient (Wildman–Crippen LogP) is 3.59. The van der Waals surface area contributed by atoms with Gasteiger partial charge in [0.1, 0.15) is 11.4 Å². The van der Waals surface area contributed by atoms with E-state index in [9.17, 15) is 4.79 Å². The van der Waals surface area contributed by atoms with Crippen molar-refractivity contribution in [2.75, 3.05) is 18.4 Å². The number of aryl methyl sites for hydroxylation is 1. The summed E-state index contributed by atoms with van der Waals surface area (Å²) in [6, 6.07) is 4.16. The standard InChI is InChI=1S/C17H27N3O2/c1-13-8-9-15(18-11-13)19-12-14-7-5-6-10-20(14)16(21)22-17(2,3)4/h8-9,11,14H,5-7,10,12H2,1-4H3,(H,18,19)/t14-/m0/s1. The van der Waals surface area contributed by atoms with Crippen LogP contribution in [-0.2, 0) is 4.74 Å². The number of piperidine rings is 1. The number of carbonyl (C=O) groups excluding carboxylic acids is 1. The van der Waals surface area contributed by atoms with Crippen molar-refractivity contribution in [3.05, 3.63) is 23.9 Å². The number of amides is 1. The molecule has 1 N–H and O–H groups in total. The second kappa shape index (κ2) is 6.99. The molecule has 1 atom stereocenters. The fraction of sp³-hybridized carbons (Fsp3) is 0.647. The van der Waals surface area contributed by atoms with E-state index in [0.717, 1.165) is 37.2 Å². The zero-order chi connectivity index (χ0) is 16.2. The first-order chi connectivity index (χ1) is 10.3. The van der Waals surface area contributed by atoms with Crippen LogP contribution < -0.4 is 5.32 Å². The van der Waals surface area contributed by atoms with Crippen molar-refractivity contribution < 1.29 is 9.53 Å². The van der Waals surface area contributed by atoms with Gasteiger partial charge in [-0.25, -0.2) is 9.78 Å². The van der Waals surface area contributed by atoms with Gasteiger partial charge in [-0.05, 0) is 58.6 Å². The molecule has 122 valence electrons. The summed E-state index contributed by atoms with van der Waals surface area (Å²) in [6.07, 6.45) is 4.81. The maximum absolute atomic E-state index is 12.3. The highest BCUT2D eigenvalue weighted by atomic mass is 16.6. The molecule has 22 heavy (non-hydrogen) atoms. The quantitative estimate of drug-likeness (QED) is 0.927. The third-order valence-electron chi connectivity index (χ3n) is 3.69. The molecule has 1 aliphatic rings. The van der Waals surface area contributed by atoms with Gasteiger partial charge >= 0.3 is 6.09 Å². The van der Waals surface area contributed by atoms with Crippen molar-refractivity contribution in [1.29, 1.82) is 0 Å². The Kier molecular flexibility index (Phi) is 5.27. The van der Waals surface area contributed by atoms with Crippen LogP contribution in [0.1, 0.15) is 45.6 Å². The molecule has 0 saturated carbocycles. The first-order valence-electron chi connectivity index (χ1n) is 8.01. The maximum atomic E-state index is 12.3. The number of nitrogens with one attached hydrogen (secondary N) is 1. The summed E-state index contributed by atoms with van der Waals surface area (Å²) in [5.41, 5.74) is 0.684. The van der Waals surface area contributed by atoms with Gasteiger partial charge in [0.25, 0.3) is 0 Å². The van der Waals surface area contributed by atoms with Crippen LogP contribution >= 0.6 is 0 Å². The average molecular weight is 305 g/mol. The van der Waals surface area contributed by atoms with Crippen molar-refractivity contribution in [3.63, 3.8) is 0 Å². The summed E-state index contributed by atoms with van der Waals surface area (Å²) in [4.78, 5) is 18.5. The molecular formula is C17H27N3O2. The number of hydrogen-bond acceptors (Lipinski definition) is 4. The summed E-state index contributed by atoms with van der Waals surface area (Å²) in [5.74, 6) is 0.848. The van der Waals surface area contributed by atoms with Gasteiger partial charge in [0.05, 0.1) is 6.04 Å². The number of likely N-dealkylation sites (tertiary alicyclic amines) is 1. The van der Waals surface area contributed by atoms with Gasteiger partial charge in [0.15, 0.2) is 0 Å². The Balaban J connectivity index is 1.94. The van der Waals surface area contributed by atoms with E-state index in [4.69, 9.17) is 4.74 Å². The Morgan fingerprint density at radius 1 is 1.41 bits per heavy atom. The fourth-order valence-electron chi connectivity index (χ4n) is 2.57. The van der Waals surface area contributed by atoms with E-state index in [1.807, 2.05) is 50.9 Å². The maximum Gasteiger partial charge on any atom is 0.410 e. The molecule has 0 aromatic carbocycles. The minimum Gasteiger partial charge on any atom is -0.444 e. The molecule has 2 heterocycles. The van der Waals surface area contributed by atoms with Crippen molar-refractivity contribution in [2.24, 2.45) is 0 Å². The van der Waals surface area contributed by atoms with Crippen LogP contribution in [0.3, 0.4) is 0 Å². The summed E-state index contributed by atoms with van der Waals surface area (Å²) in [6.45, 7) is 9.19. The lowest BCUT2D eigenvalue weighted by Crippen LogP contribution is -2.48. The second-order valence-electron chi connectivity index (χ2n) is 6.93. The minimum absolute atomic E-state index is 0.159. The molecule has 0 bridgehead atoms. The largest absolute Gasteiger partial charge is 0.444 e. The second-order valence-corrected chi connectivity index (χ2v) is 6.93. The number of carbonyl (C=O) groups is 1. The molecule has 0 aliphatic carbocycles. The van der Waals surface area contributed by atoms with Crippen molar-refractivity contribution >= 4 is 11.9 Å². The Morgan fingerprint density at radius 2 is 2.18 bits per heavy atom. The van der Waals surface area contributed by atoms with Gasteiger partial charge in [-0.3, -0.25) is 0 Å². The first-order valence-corrected chi connectivity index (χ1v) is 8.01. The molecule has 0 radical (unpaired) electrons. The molecule has 0 spiro atoms. The zero-order valence-corrected chi connectivity index (χ0v) is 14.1. The number of pyridine rings is 1. The molecule has 0 unspecified atom stereocenters. The fourth-order valence-corrected chi connectivity index (χ4v) is 2.57. The van der Waals surface area contributed by atoms with E-state index in [-0.39, 0.29) is 12.1 Å². The van der Waals surface area contributed by atoms with Crippen molar-refractivity contribution in [3.8, 4) is 0 Å². The molecule has 5 nitrogen and oxygen atoms in total. The molecule has 1 aromatic rings. The van der Waals surface area contributed by atoms with E-state index in [0.29, 0.717) is 6.54 Å². The lowest BCUT2D eigenvalue weighted by molar-refractivity contribution is 0.0114. The Hall–Kier alpha value is -1.78. The molecule has 1 fully saturated rings. The molecule has 1 amide bonds. The van der Waals surface area contributed by atoms with Crippen LogP contribution in [0.4, 0.5) is 10.6 Å². The van der Waals surface area contributed by atoms with Crippen LogP contribution in [0.15, 0.2) is 18.3 Å². The molecule has 1 saturated heterocycles. The van der Waals surface area contributed by atoms with Crippen LogP contribution in [0.2, 0.25) is 0 Å². The number of ether oxygens (including phenoxy) is 1. The van der Waals surface area contributed by atoms with Gasteiger partial charge in [0, 0.05) is 19.3 Å². The number of rotatable bonds is 3. The van der Waals surface area contributed by atoms with Crippen LogP contribution in [0, 0.1) is 6.92 Å². The summed E-state index contributed by atoms with van der Waals surface area (Å²) >= 11 is 0. The lowest BCUT2D eigenvalue weighted by atomic mass is 10.0. The van der Waals surface area contributed by atoms with E-state index >= 15 is 0 Å². The average Bonchev–Trinajstić information content (AvgIpc) is 2.45. The van der Waals surface area contributed by atoms with E-state index in [2.05, 4.69) is 10.3 Å². The highest BCUT2D eigenvalue weighted by Gasteiger charge is 2.30. The smallest absolute Gasteiger partial charge is 0.410 e. The van der Waals surface area contributed by atoms with Gasteiger partial charge in [-0.1, -0.05) is 6.07 Å². The molecular weight excluding hydrogens is 278 g/mol. The number of anilines is 1. The summed E-state index contributed by atoms with van der Waals surface area (Å²) in [5, 5.41) is 3.33. The van der Waals surface area contributed by atoms with Crippen LogP contribution in [0.25, 0.3) is 0 Å². The minimum atomic E-state index is -0.453. The molecule has 2 rings (SSSR count). The van der Waals surface area contributed by atoms with Gasteiger partial charge in [-0.2, -0.15) is 0 Å². The first kappa shape index (κ1) is 16.6. The van der Waals surface area contributed by atoms with E-state index in [1.165, 1.54) is 0 Å². The SMILES string of the molecule is Cc1ccc(NC[C@@H]2CCCCN2C(=O)OC(C)(C)C)nc1. The van der Waals surface area contributed by atoms with Gasteiger partial charge in [-0.15, -0.1) is 0 Å². The monoisotopic (exact) mass is 305 g/mol. The number of aromatic nitrogens is 1. The Morgan fingerprint density at radius 3 is 2.82 bits per heavy atom. The van der Waals surface area contributed by atoms with Gasteiger partial charge < -0.3 is 15.0 Å². The molecule has 1 aromatic heterocycles. The Bertz CT molecular complexity index is 494. The van der Waals surface area contributed by atoms with Crippen LogP contribution in [-0.4, -0.2) is 40.7 Å². The Labute approximate surface area is 133 Å². The van der Waals surface area contributed by atoms with E-state index < -0.39 is 5.60 Å². The topological polar surface area (TPSA) is 54.5 Å². The predicted molar refractivity (Wildman–Crippen MR) is 88.0 cm³/mol. The number of nitrogens with zero attached hydrogens (tertiary/aromatic N) is 2. The van der Waals surface area contributed by atoms with E-state index in [1.54, 1.807) is 0 Å². The number of hydrogen-bond donors (Lipinski definition) is 1. The third kappa shape index (κ3) is 4.90. The highest BCUT2D eigenvalue weighted by Crippen LogP contribution is 2.20. The van der Waals surface area contributed by atoms with Crippen molar-refractivity contribution in [2.45, 2.75) is 58.6 Å².